The summed E-state index contributed by atoms with van der Waals surface area (Å²) in [6, 6.07) is 0.182. The van der Waals surface area contributed by atoms with E-state index in [9.17, 15) is 19.8 Å². The molecule has 2 N–H and O–H groups in total. The van der Waals surface area contributed by atoms with E-state index < -0.39 is 18.0 Å². The number of piperidine rings is 1. The maximum atomic E-state index is 12.5. The highest BCUT2D eigenvalue weighted by Gasteiger charge is 2.60. The molecule has 30 heavy (non-hydrogen) atoms. The van der Waals surface area contributed by atoms with E-state index in [1.54, 1.807) is 18.7 Å². The summed E-state index contributed by atoms with van der Waals surface area (Å²) in [6.07, 6.45) is 8.42. The van der Waals surface area contributed by atoms with Gasteiger partial charge in [-0.2, -0.15) is 0 Å². The number of hydrogen-bond donors (Lipinski definition) is 2. The molecule has 4 heterocycles. The highest BCUT2D eigenvalue weighted by Crippen LogP contribution is 2.52. The van der Waals surface area contributed by atoms with Crippen LogP contribution in [0.1, 0.15) is 39.5 Å². The largest absolute Gasteiger partial charge is 0.477 e. The van der Waals surface area contributed by atoms with Crippen LogP contribution in [0.5, 0.6) is 0 Å². The molecule has 4 aliphatic rings. The normalized spacial score (nSPS) is 35.9. The number of amides is 1. The van der Waals surface area contributed by atoms with E-state index in [4.69, 9.17) is 0 Å². The lowest BCUT2D eigenvalue weighted by Gasteiger charge is -2.46. The number of carboxylic acids is 1. The van der Waals surface area contributed by atoms with Crippen LogP contribution in [0.15, 0.2) is 22.9 Å². The lowest BCUT2D eigenvalue weighted by Crippen LogP contribution is -2.63. The Morgan fingerprint density at radius 3 is 2.57 bits per heavy atom. The number of carboxylic acid groups (broad SMARTS) is 1. The molecule has 4 rings (SSSR count). The van der Waals surface area contributed by atoms with E-state index in [1.165, 1.54) is 17.7 Å². The number of hydrogen-bond acceptors (Lipinski definition) is 6. The number of carbonyl (C=O) groups excluding carboxylic acids is 1. The number of carbonyl (C=O) groups is 2. The molecule has 0 radical (unpaired) electrons. The molecular formula is C22H33N3O4S. The Kier molecular flexibility index (Phi) is 6.19. The van der Waals surface area contributed by atoms with E-state index in [-0.39, 0.29) is 23.6 Å². The lowest BCUT2D eigenvalue weighted by molar-refractivity contribution is -0.163. The molecule has 4 aliphatic heterocycles. The van der Waals surface area contributed by atoms with Crippen molar-refractivity contribution in [2.45, 2.75) is 63.0 Å². The van der Waals surface area contributed by atoms with E-state index in [2.05, 4.69) is 29.1 Å². The highest BCUT2D eigenvalue weighted by molar-refractivity contribution is 8.03. The molecule has 8 heteroatoms. The minimum atomic E-state index is -1.04. The SMILES string of the molecule is C[C@@H](O)[C@H]1C(=O)N2C(C(=O)O)=C(SC3CCC(/C=C/N4CCCC4)N(C)C3)[C@H](C)[C@H]12. The summed E-state index contributed by atoms with van der Waals surface area (Å²) in [6.45, 7) is 6.80. The van der Waals surface area contributed by atoms with Gasteiger partial charge in [0.05, 0.1) is 18.1 Å². The van der Waals surface area contributed by atoms with Gasteiger partial charge < -0.3 is 20.0 Å². The molecule has 0 saturated carbocycles. The second-order valence-corrected chi connectivity index (χ2v) is 10.5. The minimum Gasteiger partial charge on any atom is -0.477 e. The van der Waals surface area contributed by atoms with Gasteiger partial charge in [0.25, 0.3) is 0 Å². The number of aliphatic carboxylic acids is 1. The van der Waals surface area contributed by atoms with E-state index in [1.807, 2.05) is 6.92 Å². The quantitative estimate of drug-likeness (QED) is 0.617. The van der Waals surface area contributed by atoms with Crippen molar-refractivity contribution in [3.05, 3.63) is 22.9 Å². The molecule has 0 aromatic heterocycles. The highest BCUT2D eigenvalue weighted by atomic mass is 32.2. The molecule has 0 aromatic carbocycles. The smallest absolute Gasteiger partial charge is 0.353 e. The Labute approximate surface area is 182 Å². The zero-order valence-electron chi connectivity index (χ0n) is 18.0. The molecule has 166 valence electrons. The summed E-state index contributed by atoms with van der Waals surface area (Å²) in [5, 5.41) is 20.1. The fourth-order valence-electron chi connectivity index (χ4n) is 5.43. The summed E-state index contributed by atoms with van der Waals surface area (Å²) < 4.78 is 0. The van der Waals surface area contributed by atoms with Crippen molar-refractivity contribution in [3.8, 4) is 0 Å². The topological polar surface area (TPSA) is 84.3 Å². The number of fused-ring (bicyclic) bond motifs is 1. The van der Waals surface area contributed by atoms with Crippen LogP contribution in [0.25, 0.3) is 0 Å². The van der Waals surface area contributed by atoms with Crippen LogP contribution in [-0.4, -0.2) is 86.9 Å². The molecule has 0 aliphatic carbocycles. The molecule has 1 amide bonds. The van der Waals surface area contributed by atoms with Gasteiger partial charge in [-0.15, -0.1) is 11.8 Å². The number of likely N-dealkylation sites (N-methyl/N-ethyl adjacent to an activating group) is 1. The molecular weight excluding hydrogens is 402 g/mol. The first kappa shape index (κ1) is 21.7. The van der Waals surface area contributed by atoms with Crippen molar-refractivity contribution in [1.29, 1.82) is 0 Å². The first-order valence-corrected chi connectivity index (χ1v) is 12.0. The Hall–Kier alpha value is -1.51. The lowest BCUT2D eigenvalue weighted by atomic mass is 9.79. The molecule has 0 bridgehead atoms. The maximum Gasteiger partial charge on any atom is 0.353 e. The zero-order valence-corrected chi connectivity index (χ0v) is 18.8. The van der Waals surface area contributed by atoms with Gasteiger partial charge >= 0.3 is 5.97 Å². The first-order valence-electron chi connectivity index (χ1n) is 11.1. The monoisotopic (exact) mass is 435 g/mol. The van der Waals surface area contributed by atoms with Gasteiger partial charge in [0.1, 0.15) is 5.70 Å². The number of nitrogens with zero attached hydrogens (tertiary/aromatic N) is 3. The van der Waals surface area contributed by atoms with Crippen LogP contribution < -0.4 is 0 Å². The Morgan fingerprint density at radius 1 is 1.27 bits per heavy atom. The number of aliphatic hydroxyl groups is 1. The van der Waals surface area contributed by atoms with Crippen LogP contribution in [0.3, 0.4) is 0 Å². The summed E-state index contributed by atoms with van der Waals surface area (Å²) in [5.74, 6) is -1.86. The summed E-state index contributed by atoms with van der Waals surface area (Å²) in [7, 11) is 2.14. The average Bonchev–Trinajstić information content (AvgIpc) is 3.27. The van der Waals surface area contributed by atoms with Gasteiger partial charge in [0.2, 0.25) is 5.91 Å². The predicted molar refractivity (Wildman–Crippen MR) is 117 cm³/mol. The predicted octanol–water partition coefficient (Wildman–Crippen LogP) is 1.95. The van der Waals surface area contributed by atoms with E-state index in [0.29, 0.717) is 11.3 Å². The summed E-state index contributed by atoms with van der Waals surface area (Å²) in [5.41, 5.74) is 0.137. The number of likely N-dealkylation sites (tertiary alicyclic amines) is 2. The second kappa shape index (κ2) is 8.55. The molecule has 7 nitrogen and oxygen atoms in total. The van der Waals surface area contributed by atoms with E-state index in [0.717, 1.165) is 37.4 Å². The minimum absolute atomic E-state index is 0.0588. The number of thioether (sulfide) groups is 1. The third-order valence-corrected chi connectivity index (χ3v) is 8.64. The fourth-order valence-corrected chi connectivity index (χ4v) is 7.01. The Morgan fingerprint density at radius 2 is 1.97 bits per heavy atom. The van der Waals surface area contributed by atoms with E-state index >= 15 is 0 Å². The van der Waals surface area contributed by atoms with Crippen molar-refractivity contribution >= 4 is 23.6 Å². The van der Waals surface area contributed by atoms with Crippen molar-refractivity contribution in [2.24, 2.45) is 11.8 Å². The molecule has 3 saturated heterocycles. The Bertz CT molecular complexity index is 761. The van der Waals surface area contributed by atoms with Gasteiger partial charge in [-0.1, -0.05) is 13.0 Å². The maximum absolute atomic E-state index is 12.5. The average molecular weight is 436 g/mol. The van der Waals surface area contributed by atoms with Gasteiger partial charge in [-0.05, 0) is 45.9 Å². The van der Waals surface area contributed by atoms with Crippen LogP contribution in [0.2, 0.25) is 0 Å². The van der Waals surface area contributed by atoms with Crippen LogP contribution in [0, 0.1) is 11.8 Å². The van der Waals surface area contributed by atoms with Gasteiger partial charge in [-0.3, -0.25) is 9.69 Å². The third-order valence-electron chi connectivity index (χ3n) is 7.11. The van der Waals surface area contributed by atoms with Gasteiger partial charge in [0.15, 0.2) is 0 Å². The van der Waals surface area contributed by atoms with Crippen molar-refractivity contribution in [2.75, 3.05) is 26.7 Å². The summed E-state index contributed by atoms with van der Waals surface area (Å²) in [4.78, 5) is 31.4. The molecule has 6 atom stereocenters. The molecule has 3 fully saturated rings. The zero-order chi connectivity index (χ0) is 21.6. The van der Waals surface area contributed by atoms with Crippen LogP contribution in [0.4, 0.5) is 0 Å². The molecule has 0 aromatic rings. The first-order chi connectivity index (χ1) is 14.3. The van der Waals surface area contributed by atoms with Crippen molar-refractivity contribution < 1.29 is 19.8 Å². The third kappa shape index (κ3) is 3.78. The molecule has 0 spiro atoms. The fraction of sp³-hybridized carbons (Fsp3) is 0.727. The number of β-lactam (4-membered cyclic amide) rings is 1. The molecule has 2 unspecified atom stereocenters. The van der Waals surface area contributed by atoms with Gasteiger partial charge in [-0.25, -0.2) is 4.79 Å². The number of rotatable bonds is 6. The number of aliphatic hydroxyl groups excluding tert-OH is 1. The van der Waals surface area contributed by atoms with Crippen molar-refractivity contribution in [3.63, 3.8) is 0 Å². The Balaban J connectivity index is 1.42. The van der Waals surface area contributed by atoms with Crippen LogP contribution >= 0.6 is 11.8 Å². The second-order valence-electron chi connectivity index (χ2n) is 9.18. The summed E-state index contributed by atoms with van der Waals surface area (Å²) >= 11 is 1.63. The standard InChI is InChI=1S/C22H33N3O4S/c1-13-18-17(14(2)26)21(27)25(18)19(22(28)29)20(13)30-16-7-6-15(23(3)12-16)8-11-24-9-4-5-10-24/h8,11,13-18,26H,4-7,9-10,12H2,1-3H3,(H,28,29)/b11-8+/t13-,14-,15?,16?,17-,18-/m1/s1. The van der Waals surface area contributed by atoms with Crippen LogP contribution in [-0.2, 0) is 9.59 Å². The van der Waals surface area contributed by atoms with Gasteiger partial charge in [0, 0.05) is 41.7 Å². The van der Waals surface area contributed by atoms with Crippen molar-refractivity contribution in [1.82, 2.24) is 14.7 Å².